The van der Waals surface area contributed by atoms with Gasteiger partial charge < -0.3 is 5.73 Å². The van der Waals surface area contributed by atoms with Crippen molar-refractivity contribution in [3.63, 3.8) is 0 Å². The first-order valence-corrected chi connectivity index (χ1v) is 6.33. The second-order valence-corrected chi connectivity index (χ2v) is 5.34. The molecule has 0 aromatic heterocycles. The second-order valence-electron chi connectivity index (χ2n) is 5.34. The fourth-order valence-corrected chi connectivity index (χ4v) is 2.71. The van der Waals surface area contributed by atoms with Gasteiger partial charge >= 0.3 is 0 Å². The molecule has 3 heteroatoms. The number of halogens is 1. The Morgan fingerprint density at radius 1 is 1.47 bits per heavy atom. The van der Waals surface area contributed by atoms with Crippen LogP contribution in [0, 0.1) is 11.7 Å². The quantitative estimate of drug-likeness (QED) is 0.874. The molecule has 0 spiro atoms. The first-order chi connectivity index (χ1) is 8.08. The number of rotatable bonds is 3. The molecule has 0 saturated carbocycles. The maximum absolute atomic E-state index is 13.3. The van der Waals surface area contributed by atoms with E-state index in [1.165, 1.54) is 6.07 Å². The van der Waals surface area contributed by atoms with Crippen LogP contribution >= 0.6 is 0 Å². The summed E-state index contributed by atoms with van der Waals surface area (Å²) in [7, 11) is 0. The molecule has 0 amide bonds. The van der Waals surface area contributed by atoms with Crippen molar-refractivity contribution in [2.24, 2.45) is 11.7 Å². The lowest BCUT2D eigenvalue weighted by Gasteiger charge is -2.28. The first kappa shape index (κ1) is 12.5. The summed E-state index contributed by atoms with van der Waals surface area (Å²) in [6.45, 7) is 6.44. The standard InChI is InChI=1S/C14H21FN2/c1-10(2)9-17-7-6-13(16)14(17)11-4-3-5-12(15)8-11/h3-5,8,10,13-14H,6-7,9,16H2,1-2H3. The fraction of sp³-hybridized carbons (Fsp3) is 0.571. The largest absolute Gasteiger partial charge is 0.326 e. The fourth-order valence-electron chi connectivity index (χ4n) is 2.71. The highest BCUT2D eigenvalue weighted by Gasteiger charge is 2.33. The molecule has 17 heavy (non-hydrogen) atoms. The molecule has 0 radical (unpaired) electrons. The highest BCUT2D eigenvalue weighted by atomic mass is 19.1. The highest BCUT2D eigenvalue weighted by molar-refractivity contribution is 5.23. The summed E-state index contributed by atoms with van der Waals surface area (Å²) in [5.74, 6) is 0.433. The van der Waals surface area contributed by atoms with Gasteiger partial charge in [0.25, 0.3) is 0 Å². The second kappa shape index (κ2) is 5.15. The van der Waals surface area contributed by atoms with Gasteiger partial charge in [-0.05, 0) is 30.0 Å². The lowest BCUT2D eigenvalue weighted by atomic mass is 10.00. The van der Waals surface area contributed by atoms with Gasteiger partial charge in [0.2, 0.25) is 0 Å². The van der Waals surface area contributed by atoms with Crippen molar-refractivity contribution in [3.05, 3.63) is 35.6 Å². The summed E-state index contributed by atoms with van der Waals surface area (Å²) < 4.78 is 13.3. The average molecular weight is 236 g/mol. The van der Waals surface area contributed by atoms with Gasteiger partial charge in [0.05, 0.1) is 6.04 Å². The van der Waals surface area contributed by atoms with Gasteiger partial charge in [0, 0.05) is 19.1 Å². The summed E-state index contributed by atoms with van der Waals surface area (Å²) in [6.07, 6.45) is 0.994. The van der Waals surface area contributed by atoms with Gasteiger partial charge in [0.1, 0.15) is 5.82 Å². The maximum atomic E-state index is 13.3. The van der Waals surface area contributed by atoms with Crippen LogP contribution in [0.25, 0.3) is 0 Å². The van der Waals surface area contributed by atoms with Crippen LogP contribution in [0.3, 0.4) is 0 Å². The Morgan fingerprint density at radius 3 is 2.88 bits per heavy atom. The van der Waals surface area contributed by atoms with Crippen LogP contribution in [0.4, 0.5) is 4.39 Å². The van der Waals surface area contributed by atoms with Crippen molar-refractivity contribution in [1.29, 1.82) is 0 Å². The molecule has 2 N–H and O–H groups in total. The maximum Gasteiger partial charge on any atom is 0.123 e. The highest BCUT2D eigenvalue weighted by Crippen LogP contribution is 2.31. The molecular weight excluding hydrogens is 215 g/mol. The number of likely N-dealkylation sites (tertiary alicyclic amines) is 1. The van der Waals surface area contributed by atoms with Gasteiger partial charge in [-0.1, -0.05) is 26.0 Å². The summed E-state index contributed by atoms with van der Waals surface area (Å²) in [4.78, 5) is 2.38. The minimum absolute atomic E-state index is 0.121. The van der Waals surface area contributed by atoms with E-state index >= 15 is 0 Å². The molecule has 2 atom stereocenters. The normalized spacial score (nSPS) is 25.7. The van der Waals surface area contributed by atoms with E-state index in [0.717, 1.165) is 25.1 Å². The molecule has 1 aromatic rings. The molecule has 94 valence electrons. The van der Waals surface area contributed by atoms with Gasteiger partial charge in [-0.2, -0.15) is 0 Å². The predicted octanol–water partition coefficient (Wildman–Crippen LogP) is 2.56. The van der Waals surface area contributed by atoms with Gasteiger partial charge in [0.15, 0.2) is 0 Å². The zero-order chi connectivity index (χ0) is 12.4. The third-order valence-electron chi connectivity index (χ3n) is 3.34. The molecule has 1 heterocycles. The van der Waals surface area contributed by atoms with Crippen molar-refractivity contribution in [1.82, 2.24) is 4.90 Å². The minimum Gasteiger partial charge on any atom is -0.326 e. The number of hydrogen-bond donors (Lipinski definition) is 1. The van der Waals surface area contributed by atoms with Gasteiger partial charge in [-0.25, -0.2) is 4.39 Å². The summed E-state index contributed by atoms with van der Waals surface area (Å²) >= 11 is 0. The third-order valence-corrected chi connectivity index (χ3v) is 3.34. The Hall–Kier alpha value is -0.930. The van der Waals surface area contributed by atoms with Crippen molar-refractivity contribution in [3.8, 4) is 0 Å². The Kier molecular flexibility index (Phi) is 3.79. The Balaban J connectivity index is 2.21. The van der Waals surface area contributed by atoms with E-state index in [0.29, 0.717) is 5.92 Å². The SMILES string of the molecule is CC(C)CN1CCC(N)C1c1cccc(F)c1. The predicted molar refractivity (Wildman–Crippen MR) is 68.1 cm³/mol. The molecule has 0 bridgehead atoms. The van der Waals surface area contributed by atoms with Crippen molar-refractivity contribution in [2.75, 3.05) is 13.1 Å². The summed E-state index contributed by atoms with van der Waals surface area (Å²) in [5.41, 5.74) is 7.17. The molecule has 2 unspecified atom stereocenters. The smallest absolute Gasteiger partial charge is 0.123 e. The lowest BCUT2D eigenvalue weighted by Crippen LogP contribution is -2.33. The molecule has 2 rings (SSSR count). The zero-order valence-electron chi connectivity index (χ0n) is 10.6. The van der Waals surface area contributed by atoms with Crippen LogP contribution in [0.5, 0.6) is 0 Å². The Bertz CT molecular complexity index is 378. The van der Waals surface area contributed by atoms with Crippen LogP contribution in [-0.2, 0) is 0 Å². The average Bonchev–Trinajstić information content (AvgIpc) is 2.59. The summed E-state index contributed by atoms with van der Waals surface area (Å²) in [6, 6.07) is 7.14. The third kappa shape index (κ3) is 2.85. The molecule has 1 aliphatic rings. The van der Waals surface area contributed by atoms with Gasteiger partial charge in [-0.3, -0.25) is 4.90 Å². The number of hydrogen-bond acceptors (Lipinski definition) is 2. The van der Waals surface area contributed by atoms with E-state index in [9.17, 15) is 4.39 Å². The van der Waals surface area contributed by atoms with Crippen LogP contribution in [0.1, 0.15) is 31.9 Å². The molecule has 1 fully saturated rings. The Labute approximate surface area is 103 Å². The van der Waals surface area contributed by atoms with Crippen molar-refractivity contribution < 1.29 is 4.39 Å². The van der Waals surface area contributed by atoms with Crippen LogP contribution in [0.15, 0.2) is 24.3 Å². The molecule has 0 aliphatic carbocycles. The molecule has 1 aliphatic heterocycles. The Morgan fingerprint density at radius 2 is 2.24 bits per heavy atom. The topological polar surface area (TPSA) is 29.3 Å². The molecular formula is C14H21FN2. The number of nitrogens with two attached hydrogens (primary N) is 1. The van der Waals surface area contributed by atoms with Crippen LogP contribution in [0.2, 0.25) is 0 Å². The first-order valence-electron chi connectivity index (χ1n) is 6.33. The van der Waals surface area contributed by atoms with Crippen LogP contribution in [-0.4, -0.2) is 24.0 Å². The van der Waals surface area contributed by atoms with Gasteiger partial charge in [-0.15, -0.1) is 0 Å². The van der Waals surface area contributed by atoms with E-state index in [1.807, 2.05) is 6.07 Å². The van der Waals surface area contributed by atoms with Crippen LogP contribution < -0.4 is 5.73 Å². The zero-order valence-corrected chi connectivity index (χ0v) is 10.6. The molecule has 1 saturated heterocycles. The molecule has 1 aromatic carbocycles. The minimum atomic E-state index is -0.175. The summed E-state index contributed by atoms with van der Waals surface area (Å²) in [5, 5.41) is 0. The number of benzene rings is 1. The van der Waals surface area contributed by atoms with E-state index < -0.39 is 0 Å². The monoisotopic (exact) mass is 236 g/mol. The molecule has 2 nitrogen and oxygen atoms in total. The van der Waals surface area contributed by atoms with Crippen molar-refractivity contribution >= 4 is 0 Å². The lowest BCUT2D eigenvalue weighted by molar-refractivity contribution is 0.221. The van der Waals surface area contributed by atoms with Crippen molar-refractivity contribution in [2.45, 2.75) is 32.4 Å². The number of nitrogens with zero attached hydrogens (tertiary/aromatic N) is 1. The van der Waals surface area contributed by atoms with E-state index in [1.54, 1.807) is 12.1 Å². The van der Waals surface area contributed by atoms with E-state index in [2.05, 4.69) is 18.7 Å². The van der Waals surface area contributed by atoms with E-state index in [-0.39, 0.29) is 17.9 Å². The van der Waals surface area contributed by atoms with E-state index in [4.69, 9.17) is 5.73 Å².